The minimum absolute atomic E-state index is 0.348. The Balaban J connectivity index is 2.14. The van der Waals surface area contributed by atoms with Gasteiger partial charge in [0.1, 0.15) is 11.3 Å². The van der Waals surface area contributed by atoms with E-state index in [2.05, 4.69) is 59.7 Å². The molecule has 1 fully saturated rings. The smallest absolute Gasteiger partial charge is 0.462 e. The molecule has 1 aromatic heterocycles. The molecule has 1 aliphatic heterocycles. The molecule has 0 bridgehead atoms. The summed E-state index contributed by atoms with van der Waals surface area (Å²) in [5, 5.41) is 1.12. The van der Waals surface area contributed by atoms with Crippen molar-refractivity contribution in [1.82, 2.24) is 0 Å². The highest BCUT2D eigenvalue weighted by molar-refractivity contribution is 6.64. The zero-order valence-corrected chi connectivity index (χ0v) is 14.6. The third-order valence-corrected chi connectivity index (χ3v) is 4.96. The maximum Gasteiger partial charge on any atom is 0.498 e. The van der Waals surface area contributed by atoms with Crippen LogP contribution in [0.25, 0.3) is 11.0 Å². The van der Waals surface area contributed by atoms with E-state index in [9.17, 15) is 0 Å². The molecular weight excluding hydrogens is 275 g/mol. The summed E-state index contributed by atoms with van der Waals surface area (Å²) < 4.78 is 18.4. The fourth-order valence-electron chi connectivity index (χ4n) is 2.81. The molecule has 0 unspecified atom stereocenters. The van der Waals surface area contributed by atoms with Gasteiger partial charge in [0, 0.05) is 10.8 Å². The normalized spacial score (nSPS) is 20.3. The summed E-state index contributed by atoms with van der Waals surface area (Å²) in [5.41, 5.74) is 2.45. The predicted molar refractivity (Wildman–Crippen MR) is 90.8 cm³/mol. The fraction of sp³-hybridized carbons (Fsp3) is 0.556. The van der Waals surface area contributed by atoms with Crippen LogP contribution in [0.3, 0.4) is 0 Å². The van der Waals surface area contributed by atoms with E-state index < -0.39 is 7.12 Å². The topological polar surface area (TPSA) is 31.6 Å². The highest BCUT2D eigenvalue weighted by Crippen LogP contribution is 2.37. The average Bonchev–Trinajstić information content (AvgIpc) is 2.84. The van der Waals surface area contributed by atoms with Gasteiger partial charge in [-0.1, -0.05) is 19.9 Å². The van der Waals surface area contributed by atoms with Gasteiger partial charge in [0.15, 0.2) is 0 Å². The molecule has 0 spiro atoms. The Labute approximate surface area is 133 Å². The summed E-state index contributed by atoms with van der Waals surface area (Å²) in [7, 11) is -0.392. The highest BCUT2D eigenvalue weighted by Gasteiger charge is 2.52. The second kappa shape index (κ2) is 4.87. The molecule has 1 saturated heterocycles. The van der Waals surface area contributed by atoms with Crippen molar-refractivity contribution in [3.8, 4) is 0 Å². The zero-order chi connectivity index (χ0) is 16.3. The number of rotatable bonds is 2. The van der Waals surface area contributed by atoms with Gasteiger partial charge in [-0.2, -0.15) is 0 Å². The van der Waals surface area contributed by atoms with Crippen LogP contribution in [0.1, 0.15) is 58.8 Å². The number of aryl methyl sites for hydroxylation is 1. The maximum atomic E-state index is 6.22. The van der Waals surface area contributed by atoms with Crippen LogP contribution in [0.2, 0.25) is 0 Å². The minimum Gasteiger partial charge on any atom is -0.462 e. The Morgan fingerprint density at radius 3 is 2.09 bits per heavy atom. The molecule has 0 N–H and O–H groups in total. The van der Waals surface area contributed by atoms with Crippen LogP contribution in [0.5, 0.6) is 0 Å². The molecule has 0 aliphatic carbocycles. The molecule has 0 atom stereocenters. The van der Waals surface area contributed by atoms with Crippen molar-refractivity contribution in [2.45, 2.75) is 65.6 Å². The average molecular weight is 300 g/mol. The molecule has 2 aromatic rings. The van der Waals surface area contributed by atoms with Crippen molar-refractivity contribution in [3.63, 3.8) is 0 Å². The molecule has 2 heterocycles. The molecule has 4 heteroatoms. The van der Waals surface area contributed by atoms with Gasteiger partial charge in [-0.15, -0.1) is 0 Å². The summed E-state index contributed by atoms with van der Waals surface area (Å²) in [4.78, 5) is 0. The Hall–Kier alpha value is -1.26. The van der Waals surface area contributed by atoms with Crippen molar-refractivity contribution in [3.05, 3.63) is 29.5 Å². The lowest BCUT2D eigenvalue weighted by molar-refractivity contribution is 0.00578. The molecule has 3 nitrogen and oxygen atoms in total. The van der Waals surface area contributed by atoms with Crippen molar-refractivity contribution in [2.75, 3.05) is 0 Å². The predicted octanol–water partition coefficient (Wildman–Crippen LogP) is 4.16. The van der Waals surface area contributed by atoms with Gasteiger partial charge in [0.25, 0.3) is 0 Å². The van der Waals surface area contributed by atoms with Gasteiger partial charge < -0.3 is 13.7 Å². The van der Waals surface area contributed by atoms with E-state index >= 15 is 0 Å². The second-order valence-corrected chi connectivity index (χ2v) is 7.63. The van der Waals surface area contributed by atoms with Crippen molar-refractivity contribution in [1.29, 1.82) is 0 Å². The third-order valence-electron chi connectivity index (χ3n) is 4.96. The van der Waals surface area contributed by atoms with E-state index in [1.165, 1.54) is 5.56 Å². The lowest BCUT2D eigenvalue weighted by Crippen LogP contribution is -2.41. The van der Waals surface area contributed by atoms with Crippen LogP contribution < -0.4 is 5.46 Å². The first-order valence-electron chi connectivity index (χ1n) is 8.00. The Bertz CT molecular complexity index is 696. The molecule has 0 radical (unpaired) electrons. The second-order valence-electron chi connectivity index (χ2n) is 7.63. The molecule has 0 amide bonds. The summed E-state index contributed by atoms with van der Waals surface area (Å²) in [6, 6.07) is 6.44. The lowest BCUT2D eigenvalue weighted by Gasteiger charge is -2.32. The standard InChI is InChI=1S/C18H25BO3/c1-11(2)13-9-14-8-12(3)20-16(14)15(10-13)19-21-17(4,5)18(6,7)22-19/h8-11H,1-7H3. The summed E-state index contributed by atoms with van der Waals surface area (Å²) in [6.45, 7) is 14.7. The van der Waals surface area contributed by atoms with Crippen LogP contribution in [0, 0.1) is 6.92 Å². The van der Waals surface area contributed by atoms with Crippen molar-refractivity contribution in [2.24, 2.45) is 0 Å². The molecule has 118 valence electrons. The largest absolute Gasteiger partial charge is 0.498 e. The summed E-state index contributed by atoms with van der Waals surface area (Å²) in [5.74, 6) is 1.36. The Morgan fingerprint density at radius 2 is 1.55 bits per heavy atom. The molecular formula is C18H25BO3. The monoisotopic (exact) mass is 300 g/mol. The van der Waals surface area contributed by atoms with Gasteiger partial charge in [0.2, 0.25) is 0 Å². The number of hydrogen-bond donors (Lipinski definition) is 0. The van der Waals surface area contributed by atoms with Crippen molar-refractivity contribution < 1.29 is 13.7 Å². The summed E-state index contributed by atoms with van der Waals surface area (Å²) in [6.07, 6.45) is 0. The Kier molecular flexibility index (Phi) is 3.46. The van der Waals surface area contributed by atoms with Crippen LogP contribution in [-0.2, 0) is 9.31 Å². The molecule has 0 saturated carbocycles. The van der Waals surface area contributed by atoms with Crippen LogP contribution in [0.4, 0.5) is 0 Å². The minimum atomic E-state index is -0.392. The van der Waals surface area contributed by atoms with Gasteiger partial charge in [0.05, 0.1) is 11.2 Å². The van der Waals surface area contributed by atoms with E-state index in [0.717, 1.165) is 22.2 Å². The van der Waals surface area contributed by atoms with Gasteiger partial charge in [-0.05, 0) is 58.2 Å². The van der Waals surface area contributed by atoms with E-state index in [0.29, 0.717) is 5.92 Å². The third kappa shape index (κ3) is 2.39. The number of hydrogen-bond acceptors (Lipinski definition) is 3. The van der Waals surface area contributed by atoms with E-state index in [-0.39, 0.29) is 11.2 Å². The van der Waals surface area contributed by atoms with E-state index in [4.69, 9.17) is 13.7 Å². The summed E-state index contributed by atoms with van der Waals surface area (Å²) >= 11 is 0. The molecule has 1 aromatic carbocycles. The highest BCUT2D eigenvalue weighted by atomic mass is 16.7. The van der Waals surface area contributed by atoms with Crippen molar-refractivity contribution >= 4 is 23.6 Å². The first kappa shape index (κ1) is 15.6. The van der Waals surface area contributed by atoms with Gasteiger partial charge in [-0.25, -0.2) is 0 Å². The number of fused-ring (bicyclic) bond motifs is 1. The Morgan fingerprint density at radius 1 is 0.955 bits per heavy atom. The number of benzene rings is 1. The van der Waals surface area contributed by atoms with E-state index in [1.54, 1.807) is 0 Å². The van der Waals surface area contributed by atoms with E-state index in [1.807, 2.05) is 6.92 Å². The van der Waals surface area contributed by atoms with Crippen LogP contribution >= 0.6 is 0 Å². The quantitative estimate of drug-likeness (QED) is 0.780. The lowest BCUT2D eigenvalue weighted by atomic mass is 9.76. The number of furan rings is 1. The fourth-order valence-corrected chi connectivity index (χ4v) is 2.81. The van der Waals surface area contributed by atoms with Crippen LogP contribution in [0.15, 0.2) is 22.6 Å². The van der Waals surface area contributed by atoms with Gasteiger partial charge >= 0.3 is 7.12 Å². The first-order chi connectivity index (χ1) is 10.1. The SMILES string of the molecule is Cc1cc2cc(C(C)C)cc(B3OC(C)(C)C(C)(C)O3)c2o1. The first-order valence-corrected chi connectivity index (χ1v) is 8.00. The van der Waals surface area contributed by atoms with Crippen LogP contribution in [-0.4, -0.2) is 18.3 Å². The maximum absolute atomic E-state index is 6.22. The molecule has 22 heavy (non-hydrogen) atoms. The zero-order valence-electron chi connectivity index (χ0n) is 14.6. The molecule has 3 rings (SSSR count). The molecule has 1 aliphatic rings. The van der Waals surface area contributed by atoms with Gasteiger partial charge in [-0.3, -0.25) is 0 Å².